The standard InChI is InChI=1S/C18H24ClF3N2.ClH/c19-14-6-7-15(16(12-14)18(20,21)22)17(13-4-2-1-3-5-13)24-10-8-23-9-11-24;/h6-7,12-13,17,23H,1-5,8-11H2;1H/t17-;/m1./s1. The molecule has 1 saturated heterocycles. The lowest BCUT2D eigenvalue weighted by Crippen LogP contribution is -2.47. The molecule has 0 spiro atoms. The smallest absolute Gasteiger partial charge is 0.314 e. The predicted octanol–water partition coefficient (Wildman–Crippen LogP) is 5.31. The minimum absolute atomic E-state index is 0. The third-order valence-electron chi connectivity index (χ3n) is 5.28. The molecule has 1 N–H and O–H groups in total. The highest BCUT2D eigenvalue weighted by molar-refractivity contribution is 6.30. The fourth-order valence-electron chi connectivity index (χ4n) is 4.19. The molecule has 2 fully saturated rings. The Labute approximate surface area is 158 Å². The molecule has 2 aliphatic rings. The molecule has 3 rings (SSSR count). The molecule has 1 aliphatic carbocycles. The van der Waals surface area contributed by atoms with Crippen LogP contribution in [-0.4, -0.2) is 31.1 Å². The second-order valence-electron chi connectivity index (χ2n) is 6.86. The van der Waals surface area contributed by atoms with Crippen LogP contribution in [-0.2, 0) is 6.18 Å². The van der Waals surface area contributed by atoms with Crippen molar-refractivity contribution in [2.24, 2.45) is 5.92 Å². The highest BCUT2D eigenvalue weighted by atomic mass is 35.5. The molecule has 1 aromatic rings. The molecule has 2 nitrogen and oxygen atoms in total. The van der Waals surface area contributed by atoms with Gasteiger partial charge < -0.3 is 5.32 Å². The number of rotatable bonds is 3. The van der Waals surface area contributed by atoms with Crippen LogP contribution < -0.4 is 5.32 Å². The van der Waals surface area contributed by atoms with Crippen molar-refractivity contribution in [3.05, 3.63) is 34.3 Å². The maximum absolute atomic E-state index is 13.6. The summed E-state index contributed by atoms with van der Waals surface area (Å²) in [6.07, 6.45) is 1.06. The van der Waals surface area contributed by atoms with Gasteiger partial charge in [-0.1, -0.05) is 36.9 Å². The van der Waals surface area contributed by atoms with Crippen molar-refractivity contribution in [1.29, 1.82) is 0 Å². The van der Waals surface area contributed by atoms with Crippen LogP contribution in [0, 0.1) is 5.92 Å². The van der Waals surface area contributed by atoms with Crippen molar-refractivity contribution in [2.45, 2.75) is 44.3 Å². The Morgan fingerprint density at radius 2 is 1.72 bits per heavy atom. The van der Waals surface area contributed by atoms with Crippen molar-refractivity contribution in [3.8, 4) is 0 Å². The average molecular weight is 397 g/mol. The fourth-order valence-corrected chi connectivity index (χ4v) is 4.36. The predicted molar refractivity (Wildman–Crippen MR) is 97.5 cm³/mol. The molecule has 0 unspecified atom stereocenters. The Kier molecular flexibility index (Phi) is 7.44. The van der Waals surface area contributed by atoms with E-state index in [0.29, 0.717) is 11.5 Å². The van der Waals surface area contributed by atoms with Gasteiger partial charge in [-0.05, 0) is 36.5 Å². The minimum atomic E-state index is -4.37. The molecule has 0 radical (unpaired) electrons. The Morgan fingerprint density at radius 3 is 2.32 bits per heavy atom. The van der Waals surface area contributed by atoms with Crippen molar-refractivity contribution < 1.29 is 13.2 Å². The maximum Gasteiger partial charge on any atom is 0.416 e. The summed E-state index contributed by atoms with van der Waals surface area (Å²) in [4.78, 5) is 2.24. The molecular formula is C18H25Cl2F3N2. The van der Waals surface area contributed by atoms with Gasteiger partial charge in [-0.2, -0.15) is 13.2 Å². The fraction of sp³-hybridized carbons (Fsp3) is 0.667. The molecule has 1 atom stereocenters. The maximum atomic E-state index is 13.6. The number of alkyl halides is 3. The Hall–Kier alpha value is -0.490. The van der Waals surface area contributed by atoms with Gasteiger partial charge in [-0.25, -0.2) is 0 Å². The number of halogens is 5. The van der Waals surface area contributed by atoms with Gasteiger partial charge in [-0.3, -0.25) is 4.90 Å². The molecule has 7 heteroatoms. The first-order chi connectivity index (χ1) is 11.5. The molecule has 1 aliphatic heterocycles. The number of nitrogens with zero attached hydrogens (tertiary/aromatic N) is 1. The van der Waals surface area contributed by atoms with Crippen molar-refractivity contribution in [2.75, 3.05) is 26.2 Å². The van der Waals surface area contributed by atoms with Gasteiger partial charge in [0.25, 0.3) is 0 Å². The van der Waals surface area contributed by atoms with E-state index in [-0.39, 0.29) is 23.5 Å². The van der Waals surface area contributed by atoms with Gasteiger partial charge >= 0.3 is 6.18 Å². The van der Waals surface area contributed by atoms with Gasteiger partial charge in [0, 0.05) is 37.2 Å². The normalized spacial score (nSPS) is 21.6. The van der Waals surface area contributed by atoms with E-state index in [2.05, 4.69) is 10.2 Å². The lowest BCUT2D eigenvalue weighted by Gasteiger charge is -2.42. The average Bonchev–Trinajstić information content (AvgIpc) is 2.57. The summed E-state index contributed by atoms with van der Waals surface area (Å²) >= 11 is 5.88. The van der Waals surface area contributed by atoms with Crippen molar-refractivity contribution in [3.63, 3.8) is 0 Å². The van der Waals surface area contributed by atoms with Crippen LogP contribution in [0.4, 0.5) is 13.2 Å². The van der Waals surface area contributed by atoms with Gasteiger partial charge in [0.1, 0.15) is 0 Å². The number of piperazine rings is 1. The first kappa shape index (κ1) is 20.8. The zero-order chi connectivity index (χ0) is 17.2. The van der Waals surface area contributed by atoms with Crippen molar-refractivity contribution in [1.82, 2.24) is 10.2 Å². The SMILES string of the molecule is Cl.FC(F)(F)c1cc(Cl)ccc1[C@@H](C1CCCCC1)N1CCNCC1. The molecule has 1 aromatic carbocycles. The minimum Gasteiger partial charge on any atom is -0.314 e. The van der Waals surface area contributed by atoms with E-state index in [9.17, 15) is 13.2 Å². The molecule has 1 heterocycles. The van der Waals surface area contributed by atoms with Crippen LogP contribution >= 0.6 is 24.0 Å². The van der Waals surface area contributed by atoms with Gasteiger partial charge in [0.2, 0.25) is 0 Å². The first-order valence-electron chi connectivity index (χ1n) is 8.78. The Balaban J connectivity index is 0.00000225. The second kappa shape index (κ2) is 8.94. The van der Waals surface area contributed by atoms with E-state index in [1.807, 2.05) is 0 Å². The van der Waals surface area contributed by atoms with Crippen LogP contribution in [0.2, 0.25) is 5.02 Å². The van der Waals surface area contributed by atoms with E-state index in [1.165, 1.54) is 6.42 Å². The number of hydrogen-bond donors (Lipinski definition) is 1. The van der Waals surface area contributed by atoms with Crippen LogP contribution in [0.5, 0.6) is 0 Å². The molecule has 0 amide bonds. The Morgan fingerprint density at radius 1 is 1.08 bits per heavy atom. The van der Waals surface area contributed by atoms with E-state index >= 15 is 0 Å². The van der Waals surface area contributed by atoms with Crippen LogP contribution in [0.25, 0.3) is 0 Å². The summed E-state index contributed by atoms with van der Waals surface area (Å²) in [5, 5.41) is 3.44. The zero-order valence-electron chi connectivity index (χ0n) is 14.1. The largest absolute Gasteiger partial charge is 0.416 e. The van der Waals surface area contributed by atoms with Gasteiger partial charge in [0.05, 0.1) is 5.56 Å². The van der Waals surface area contributed by atoms with Crippen LogP contribution in [0.15, 0.2) is 18.2 Å². The molecular weight excluding hydrogens is 372 g/mol. The van der Waals surface area contributed by atoms with Crippen molar-refractivity contribution >= 4 is 24.0 Å². The lowest BCUT2D eigenvalue weighted by atomic mass is 9.79. The Bertz CT molecular complexity index is 536. The third-order valence-corrected chi connectivity index (χ3v) is 5.52. The summed E-state index contributed by atoms with van der Waals surface area (Å²) in [7, 11) is 0. The summed E-state index contributed by atoms with van der Waals surface area (Å²) in [5.41, 5.74) is -0.162. The van der Waals surface area contributed by atoms with Gasteiger partial charge in [-0.15, -0.1) is 12.4 Å². The molecule has 25 heavy (non-hydrogen) atoms. The van der Waals surface area contributed by atoms with E-state index < -0.39 is 11.7 Å². The summed E-state index contributed by atoms with van der Waals surface area (Å²) in [6.45, 7) is 3.25. The summed E-state index contributed by atoms with van der Waals surface area (Å²) in [6, 6.07) is 4.13. The highest BCUT2D eigenvalue weighted by Gasteiger charge is 2.39. The number of nitrogens with one attached hydrogen (secondary N) is 1. The van der Waals surface area contributed by atoms with Gasteiger partial charge in [0.15, 0.2) is 0 Å². The van der Waals surface area contributed by atoms with E-state index in [0.717, 1.165) is 57.9 Å². The van der Waals surface area contributed by atoms with Crippen LogP contribution in [0.1, 0.15) is 49.3 Å². The molecule has 0 aromatic heterocycles. The monoisotopic (exact) mass is 396 g/mol. The zero-order valence-corrected chi connectivity index (χ0v) is 15.7. The first-order valence-corrected chi connectivity index (χ1v) is 9.16. The molecule has 0 bridgehead atoms. The number of benzene rings is 1. The quantitative estimate of drug-likeness (QED) is 0.744. The third kappa shape index (κ3) is 5.03. The summed E-state index contributed by atoms with van der Waals surface area (Å²) in [5.74, 6) is 0.291. The lowest BCUT2D eigenvalue weighted by molar-refractivity contribution is -0.139. The molecule has 1 saturated carbocycles. The van der Waals surface area contributed by atoms with E-state index in [1.54, 1.807) is 12.1 Å². The highest BCUT2D eigenvalue weighted by Crippen LogP contribution is 2.44. The van der Waals surface area contributed by atoms with E-state index in [4.69, 9.17) is 11.6 Å². The van der Waals surface area contributed by atoms with Crippen LogP contribution in [0.3, 0.4) is 0 Å². The number of hydrogen-bond acceptors (Lipinski definition) is 2. The second-order valence-corrected chi connectivity index (χ2v) is 7.29. The summed E-state index contributed by atoms with van der Waals surface area (Å²) < 4.78 is 40.9. The topological polar surface area (TPSA) is 15.3 Å². The molecule has 142 valence electrons.